The molecule has 5 fully saturated rings. The number of carbonyl (C=O) groups is 1. The highest BCUT2D eigenvalue weighted by molar-refractivity contribution is 5.85. The van der Waals surface area contributed by atoms with E-state index in [-0.39, 0.29) is 17.1 Å². The minimum Gasteiger partial charge on any atom is -0.382 e. The first-order valence-corrected chi connectivity index (χ1v) is 13.5. The molecule has 9 atom stereocenters. The van der Waals surface area contributed by atoms with E-state index >= 15 is 0 Å². The zero-order valence-corrected chi connectivity index (χ0v) is 21.4. The Morgan fingerprint density at radius 3 is 1.71 bits per heavy atom. The molecular formula is C29H48O2. The van der Waals surface area contributed by atoms with Gasteiger partial charge in [0.1, 0.15) is 5.60 Å². The van der Waals surface area contributed by atoms with Crippen LogP contribution in [0.4, 0.5) is 0 Å². The van der Waals surface area contributed by atoms with Crippen LogP contribution in [0.2, 0.25) is 0 Å². The normalized spacial score (nSPS) is 57.9. The highest BCUT2D eigenvalue weighted by Crippen LogP contribution is 2.78. The maximum Gasteiger partial charge on any atom is 0.161 e. The Morgan fingerprint density at radius 1 is 0.645 bits per heavy atom. The van der Waals surface area contributed by atoms with Gasteiger partial charge in [0.05, 0.1) is 0 Å². The number of aliphatic hydroxyl groups is 1. The third kappa shape index (κ3) is 2.53. The van der Waals surface area contributed by atoms with Crippen molar-refractivity contribution in [1.82, 2.24) is 0 Å². The molecule has 0 saturated heterocycles. The first-order valence-electron chi connectivity index (χ1n) is 13.5. The lowest BCUT2D eigenvalue weighted by Crippen LogP contribution is -2.66. The van der Waals surface area contributed by atoms with Crippen molar-refractivity contribution in [3.8, 4) is 0 Å². The van der Waals surface area contributed by atoms with Crippen molar-refractivity contribution in [2.24, 2.45) is 50.7 Å². The van der Waals surface area contributed by atoms with E-state index in [1.165, 1.54) is 51.4 Å². The summed E-state index contributed by atoms with van der Waals surface area (Å²) in [6.45, 7) is 17.2. The van der Waals surface area contributed by atoms with Crippen molar-refractivity contribution in [3.63, 3.8) is 0 Å². The van der Waals surface area contributed by atoms with E-state index in [9.17, 15) is 9.90 Å². The average Bonchev–Trinajstić information content (AvgIpc) is 2.94. The molecule has 0 spiro atoms. The number of Topliss-reactive ketones (excluding diaryl/α,β-unsaturated/α-hetero) is 1. The molecule has 0 aromatic rings. The largest absolute Gasteiger partial charge is 0.382 e. The van der Waals surface area contributed by atoms with Crippen molar-refractivity contribution in [3.05, 3.63) is 0 Å². The van der Waals surface area contributed by atoms with E-state index < -0.39 is 5.60 Å². The molecule has 0 aliphatic heterocycles. The molecule has 0 aromatic heterocycles. The Balaban J connectivity index is 1.54. The fourth-order valence-corrected chi connectivity index (χ4v) is 11.8. The van der Waals surface area contributed by atoms with Crippen molar-refractivity contribution in [1.29, 1.82) is 0 Å². The predicted molar refractivity (Wildman–Crippen MR) is 127 cm³/mol. The van der Waals surface area contributed by atoms with Gasteiger partial charge in [-0.15, -0.1) is 0 Å². The molecule has 1 N–H and O–H groups in total. The molecule has 176 valence electrons. The maximum absolute atomic E-state index is 12.5. The van der Waals surface area contributed by atoms with Crippen LogP contribution < -0.4 is 0 Å². The molecular weight excluding hydrogens is 380 g/mol. The van der Waals surface area contributed by atoms with Crippen LogP contribution in [-0.2, 0) is 4.79 Å². The third-order valence-electron chi connectivity index (χ3n) is 13.4. The molecule has 0 bridgehead atoms. The highest BCUT2D eigenvalue weighted by atomic mass is 16.3. The fraction of sp³-hybridized carbons (Fsp3) is 0.966. The highest BCUT2D eigenvalue weighted by Gasteiger charge is 2.72. The molecule has 31 heavy (non-hydrogen) atoms. The molecule has 2 heteroatoms. The quantitative estimate of drug-likeness (QED) is 0.480. The number of carbonyl (C=O) groups excluding carboxylic acids is 1. The summed E-state index contributed by atoms with van der Waals surface area (Å²) in [5.74, 6) is 2.52. The molecule has 9 unspecified atom stereocenters. The summed E-state index contributed by atoms with van der Waals surface area (Å²) in [5.41, 5.74) is 0.740. The maximum atomic E-state index is 12.5. The van der Waals surface area contributed by atoms with Gasteiger partial charge in [-0.2, -0.15) is 0 Å². The smallest absolute Gasteiger partial charge is 0.161 e. The zero-order chi connectivity index (χ0) is 22.7. The summed E-state index contributed by atoms with van der Waals surface area (Å²) in [6.07, 6.45) is 13.6. The Morgan fingerprint density at radius 2 is 1.16 bits per heavy atom. The summed E-state index contributed by atoms with van der Waals surface area (Å²) in [6, 6.07) is 0. The van der Waals surface area contributed by atoms with Gasteiger partial charge in [0.15, 0.2) is 5.78 Å². The summed E-state index contributed by atoms with van der Waals surface area (Å²) in [5, 5.41) is 11.4. The van der Waals surface area contributed by atoms with Crippen molar-refractivity contribution in [2.45, 2.75) is 125 Å². The first-order chi connectivity index (χ1) is 14.3. The first kappa shape index (κ1) is 22.4. The standard InChI is InChI=1S/C29H48O2/c1-19(30)29(31)18-17-26(5)22-10-9-21-25(4)14-8-13-24(2,3)20(25)11-15-27(21,6)28(22,7)16-12-23(26)29/h20-23,31H,8-18H2,1-7H3. The molecule has 0 radical (unpaired) electrons. The monoisotopic (exact) mass is 428 g/mol. The zero-order valence-electron chi connectivity index (χ0n) is 21.4. The van der Waals surface area contributed by atoms with Crippen LogP contribution in [0.1, 0.15) is 119 Å². The Kier molecular flexibility index (Phi) is 4.63. The molecule has 5 saturated carbocycles. The lowest BCUT2D eigenvalue weighted by Gasteiger charge is -2.73. The summed E-state index contributed by atoms with van der Waals surface area (Å²) in [7, 11) is 0. The summed E-state index contributed by atoms with van der Waals surface area (Å²) < 4.78 is 0. The topological polar surface area (TPSA) is 37.3 Å². The van der Waals surface area contributed by atoms with Crippen molar-refractivity contribution in [2.75, 3.05) is 0 Å². The second-order valence-electron chi connectivity index (χ2n) is 14.5. The number of hydrogen-bond acceptors (Lipinski definition) is 2. The minimum atomic E-state index is -1.06. The van der Waals surface area contributed by atoms with Gasteiger partial charge in [-0.3, -0.25) is 4.79 Å². The molecule has 5 aliphatic carbocycles. The van der Waals surface area contributed by atoms with E-state index in [0.29, 0.717) is 34.0 Å². The number of ketones is 1. The third-order valence-corrected chi connectivity index (χ3v) is 13.4. The molecule has 0 amide bonds. The SMILES string of the molecule is CC(=O)C1(O)CCC2(C)C1CCC1(C)C2CCC2C3(C)CCCC(C)(C)C3CCC21C. The Bertz CT molecular complexity index is 786. The van der Waals surface area contributed by atoms with Gasteiger partial charge in [0, 0.05) is 5.92 Å². The van der Waals surface area contributed by atoms with Crippen molar-refractivity contribution < 1.29 is 9.90 Å². The van der Waals surface area contributed by atoms with Crippen LogP contribution >= 0.6 is 0 Å². The number of rotatable bonds is 1. The van der Waals surface area contributed by atoms with E-state index in [2.05, 4.69) is 41.5 Å². The Labute approximate surface area is 191 Å². The lowest BCUT2D eigenvalue weighted by molar-refractivity contribution is -0.245. The van der Waals surface area contributed by atoms with E-state index in [0.717, 1.165) is 24.7 Å². The van der Waals surface area contributed by atoms with Gasteiger partial charge in [-0.1, -0.05) is 48.0 Å². The van der Waals surface area contributed by atoms with Crippen LogP contribution in [0.15, 0.2) is 0 Å². The van der Waals surface area contributed by atoms with Gasteiger partial charge in [-0.05, 0) is 116 Å². The molecule has 0 aromatic carbocycles. The van der Waals surface area contributed by atoms with Crippen LogP contribution in [0.25, 0.3) is 0 Å². The summed E-state index contributed by atoms with van der Waals surface area (Å²) in [4.78, 5) is 12.5. The summed E-state index contributed by atoms with van der Waals surface area (Å²) >= 11 is 0. The van der Waals surface area contributed by atoms with Crippen LogP contribution in [0, 0.1) is 50.7 Å². The van der Waals surface area contributed by atoms with Gasteiger partial charge in [-0.25, -0.2) is 0 Å². The van der Waals surface area contributed by atoms with E-state index in [1.807, 2.05) is 0 Å². The van der Waals surface area contributed by atoms with Gasteiger partial charge in [0.25, 0.3) is 0 Å². The van der Waals surface area contributed by atoms with Crippen LogP contribution in [0.3, 0.4) is 0 Å². The van der Waals surface area contributed by atoms with Crippen molar-refractivity contribution >= 4 is 5.78 Å². The lowest BCUT2D eigenvalue weighted by atomic mass is 9.32. The Hall–Kier alpha value is -0.370. The predicted octanol–water partition coefficient (Wildman–Crippen LogP) is 7.18. The molecule has 0 heterocycles. The fourth-order valence-electron chi connectivity index (χ4n) is 11.8. The average molecular weight is 429 g/mol. The molecule has 2 nitrogen and oxygen atoms in total. The second-order valence-corrected chi connectivity index (χ2v) is 14.5. The molecule has 5 rings (SSSR count). The van der Waals surface area contributed by atoms with Crippen LogP contribution in [-0.4, -0.2) is 16.5 Å². The van der Waals surface area contributed by atoms with Crippen LogP contribution in [0.5, 0.6) is 0 Å². The van der Waals surface area contributed by atoms with Gasteiger partial charge >= 0.3 is 0 Å². The minimum absolute atomic E-state index is 0.0159. The molecule has 5 aliphatic rings. The van der Waals surface area contributed by atoms with E-state index in [1.54, 1.807) is 6.92 Å². The van der Waals surface area contributed by atoms with Gasteiger partial charge in [0.2, 0.25) is 0 Å². The second kappa shape index (κ2) is 6.39. The van der Waals surface area contributed by atoms with Gasteiger partial charge < -0.3 is 5.11 Å². The van der Waals surface area contributed by atoms with E-state index in [4.69, 9.17) is 0 Å². The number of hydrogen-bond donors (Lipinski definition) is 1. The number of fused-ring (bicyclic) bond motifs is 7.